The molecule has 0 saturated heterocycles. The molecule has 1 heterocycles. The van der Waals surface area contributed by atoms with E-state index in [9.17, 15) is 14.7 Å². The van der Waals surface area contributed by atoms with Gasteiger partial charge in [0, 0.05) is 26.2 Å². The van der Waals surface area contributed by atoms with Crippen molar-refractivity contribution in [2.24, 2.45) is 0 Å². The minimum Gasteiger partial charge on any atom is -0.507 e. The molecule has 0 amide bonds. The van der Waals surface area contributed by atoms with Crippen molar-refractivity contribution in [3.05, 3.63) is 27.8 Å². The fourth-order valence-electron chi connectivity index (χ4n) is 1.93. The molecule has 1 aromatic heterocycles. The normalized spacial score (nSPS) is 12.7. The van der Waals surface area contributed by atoms with E-state index < -0.39 is 11.4 Å². The SMILES string of the molecule is COC(CCC(C)c1cc(O)c(C(C)=O)c(=O)o1)OC. The minimum absolute atomic E-state index is 0.109. The van der Waals surface area contributed by atoms with E-state index >= 15 is 0 Å². The third-order valence-electron chi connectivity index (χ3n) is 3.15. The van der Waals surface area contributed by atoms with Gasteiger partial charge in [0.25, 0.3) is 0 Å². The van der Waals surface area contributed by atoms with Crippen LogP contribution >= 0.6 is 0 Å². The Hall–Kier alpha value is -1.66. The molecular weight excluding hydrogens is 264 g/mol. The lowest BCUT2D eigenvalue weighted by Gasteiger charge is -2.16. The maximum absolute atomic E-state index is 11.7. The Morgan fingerprint density at radius 2 is 1.95 bits per heavy atom. The Morgan fingerprint density at radius 3 is 2.40 bits per heavy atom. The monoisotopic (exact) mass is 284 g/mol. The van der Waals surface area contributed by atoms with Gasteiger partial charge in [-0.3, -0.25) is 4.79 Å². The number of carbonyl (C=O) groups is 1. The van der Waals surface area contributed by atoms with Crippen LogP contribution in [0.2, 0.25) is 0 Å². The van der Waals surface area contributed by atoms with Crippen molar-refractivity contribution >= 4 is 5.78 Å². The molecule has 112 valence electrons. The van der Waals surface area contributed by atoms with Gasteiger partial charge in [0.1, 0.15) is 17.1 Å². The Kier molecular flexibility index (Phi) is 5.91. The number of methoxy groups -OCH3 is 2. The number of aromatic hydroxyl groups is 1. The molecule has 1 unspecified atom stereocenters. The molecule has 0 radical (unpaired) electrons. The van der Waals surface area contributed by atoms with Crippen molar-refractivity contribution in [2.75, 3.05) is 14.2 Å². The Bertz CT molecular complexity index is 515. The minimum atomic E-state index is -0.811. The predicted octanol–water partition coefficient (Wildman–Crippen LogP) is 2.05. The second-order valence-corrected chi connectivity index (χ2v) is 4.63. The molecule has 6 nitrogen and oxygen atoms in total. The summed E-state index contributed by atoms with van der Waals surface area (Å²) in [6.45, 7) is 3.06. The zero-order valence-electron chi connectivity index (χ0n) is 12.1. The molecule has 0 aliphatic carbocycles. The molecule has 0 saturated carbocycles. The fraction of sp³-hybridized carbons (Fsp3) is 0.571. The van der Waals surface area contributed by atoms with Crippen LogP contribution in [0.25, 0.3) is 0 Å². The highest BCUT2D eigenvalue weighted by molar-refractivity contribution is 5.96. The average molecular weight is 284 g/mol. The highest BCUT2D eigenvalue weighted by atomic mass is 16.7. The quantitative estimate of drug-likeness (QED) is 0.609. The van der Waals surface area contributed by atoms with E-state index in [1.165, 1.54) is 13.0 Å². The number of carbonyl (C=O) groups excluding carboxylic acids is 1. The fourth-order valence-corrected chi connectivity index (χ4v) is 1.93. The molecule has 1 N–H and O–H groups in total. The standard InChI is InChI=1S/C14H20O6/c1-8(5-6-12(18-3)19-4)11-7-10(16)13(9(2)15)14(17)20-11/h7-8,12,16H,5-6H2,1-4H3. The summed E-state index contributed by atoms with van der Waals surface area (Å²) in [6.07, 6.45) is 0.940. The van der Waals surface area contributed by atoms with Crippen molar-refractivity contribution in [3.63, 3.8) is 0 Å². The van der Waals surface area contributed by atoms with Gasteiger partial charge in [-0.25, -0.2) is 4.79 Å². The van der Waals surface area contributed by atoms with Gasteiger partial charge in [-0.05, 0) is 19.8 Å². The van der Waals surface area contributed by atoms with Crippen molar-refractivity contribution < 1.29 is 23.8 Å². The van der Waals surface area contributed by atoms with Crippen LogP contribution in [-0.4, -0.2) is 31.4 Å². The van der Waals surface area contributed by atoms with Gasteiger partial charge in [-0.15, -0.1) is 0 Å². The second-order valence-electron chi connectivity index (χ2n) is 4.63. The molecule has 1 atom stereocenters. The third-order valence-corrected chi connectivity index (χ3v) is 3.15. The van der Waals surface area contributed by atoms with E-state index in [1.807, 2.05) is 6.92 Å². The Labute approximate surface area is 117 Å². The highest BCUT2D eigenvalue weighted by Gasteiger charge is 2.19. The van der Waals surface area contributed by atoms with Crippen LogP contribution in [0.3, 0.4) is 0 Å². The number of ketones is 1. The topological polar surface area (TPSA) is 86.0 Å². The molecule has 1 aromatic rings. The van der Waals surface area contributed by atoms with Crippen LogP contribution in [0.1, 0.15) is 48.7 Å². The Balaban J connectivity index is 2.87. The van der Waals surface area contributed by atoms with Crippen molar-refractivity contribution in [3.8, 4) is 5.75 Å². The summed E-state index contributed by atoms with van der Waals surface area (Å²) in [5, 5.41) is 9.73. The van der Waals surface area contributed by atoms with Gasteiger partial charge < -0.3 is 19.0 Å². The number of hydrogen-bond acceptors (Lipinski definition) is 6. The molecule has 0 bridgehead atoms. The maximum atomic E-state index is 11.7. The van der Waals surface area contributed by atoms with Gasteiger partial charge in [-0.1, -0.05) is 6.92 Å². The van der Waals surface area contributed by atoms with Crippen LogP contribution in [0.5, 0.6) is 5.75 Å². The number of Topliss-reactive ketones (excluding diaryl/α,β-unsaturated/α-hetero) is 1. The smallest absolute Gasteiger partial charge is 0.350 e. The van der Waals surface area contributed by atoms with Crippen LogP contribution in [0.4, 0.5) is 0 Å². The number of rotatable bonds is 7. The van der Waals surface area contributed by atoms with Gasteiger partial charge in [0.05, 0.1) is 0 Å². The van der Waals surface area contributed by atoms with Gasteiger partial charge in [0.15, 0.2) is 12.1 Å². The molecule has 0 fully saturated rings. The van der Waals surface area contributed by atoms with Crippen LogP contribution in [0, 0.1) is 0 Å². The third kappa shape index (κ3) is 3.91. The molecule has 1 rings (SSSR count). The summed E-state index contributed by atoms with van der Waals surface area (Å²) < 4.78 is 15.2. The largest absolute Gasteiger partial charge is 0.507 e. The number of ether oxygens (including phenoxy) is 2. The average Bonchev–Trinajstić information content (AvgIpc) is 2.38. The summed E-state index contributed by atoms with van der Waals surface area (Å²) in [5.41, 5.74) is -1.12. The summed E-state index contributed by atoms with van der Waals surface area (Å²) >= 11 is 0. The summed E-state index contributed by atoms with van der Waals surface area (Å²) in [7, 11) is 3.10. The van der Waals surface area contributed by atoms with Gasteiger partial charge in [0.2, 0.25) is 0 Å². The summed E-state index contributed by atoms with van der Waals surface area (Å²) in [5.74, 6) is -0.634. The highest BCUT2D eigenvalue weighted by Crippen LogP contribution is 2.25. The van der Waals surface area contributed by atoms with Gasteiger partial charge >= 0.3 is 5.63 Å². The first-order chi connectivity index (χ1) is 9.40. The first-order valence-corrected chi connectivity index (χ1v) is 6.34. The van der Waals surface area contributed by atoms with E-state index in [4.69, 9.17) is 13.9 Å². The lowest BCUT2D eigenvalue weighted by Crippen LogP contribution is -2.16. The van der Waals surface area contributed by atoms with Crippen LogP contribution < -0.4 is 5.63 Å². The zero-order valence-corrected chi connectivity index (χ0v) is 12.1. The molecule has 6 heteroatoms. The van der Waals surface area contributed by atoms with Gasteiger partial charge in [-0.2, -0.15) is 0 Å². The van der Waals surface area contributed by atoms with E-state index in [-0.39, 0.29) is 23.5 Å². The van der Waals surface area contributed by atoms with Crippen molar-refractivity contribution in [1.82, 2.24) is 0 Å². The Morgan fingerprint density at radius 1 is 1.35 bits per heavy atom. The molecule has 0 spiro atoms. The van der Waals surface area contributed by atoms with E-state index in [1.54, 1.807) is 14.2 Å². The van der Waals surface area contributed by atoms with Crippen LogP contribution in [-0.2, 0) is 9.47 Å². The van der Waals surface area contributed by atoms with E-state index in [0.29, 0.717) is 18.6 Å². The lowest BCUT2D eigenvalue weighted by atomic mass is 10.0. The van der Waals surface area contributed by atoms with Crippen molar-refractivity contribution in [1.29, 1.82) is 0 Å². The second kappa shape index (κ2) is 7.21. The summed E-state index contributed by atoms with van der Waals surface area (Å²) in [4.78, 5) is 22.9. The van der Waals surface area contributed by atoms with E-state index in [0.717, 1.165) is 0 Å². The maximum Gasteiger partial charge on any atom is 0.350 e. The molecule has 20 heavy (non-hydrogen) atoms. The molecule has 0 aliphatic rings. The zero-order chi connectivity index (χ0) is 15.3. The number of hydrogen-bond donors (Lipinski definition) is 1. The molecule has 0 aromatic carbocycles. The molecule has 0 aliphatic heterocycles. The first kappa shape index (κ1) is 16.4. The predicted molar refractivity (Wildman–Crippen MR) is 72.1 cm³/mol. The molecular formula is C14H20O6. The van der Waals surface area contributed by atoms with Crippen molar-refractivity contribution in [2.45, 2.75) is 38.9 Å². The van der Waals surface area contributed by atoms with E-state index in [2.05, 4.69) is 0 Å². The summed E-state index contributed by atoms with van der Waals surface area (Å²) in [6, 6.07) is 1.32. The first-order valence-electron chi connectivity index (χ1n) is 6.34. The van der Waals surface area contributed by atoms with Crippen LogP contribution in [0.15, 0.2) is 15.3 Å². The lowest BCUT2D eigenvalue weighted by molar-refractivity contribution is -0.107.